The number of rotatable bonds is 10. The van der Waals surface area contributed by atoms with E-state index >= 15 is 0 Å². The second kappa shape index (κ2) is 10.4. The summed E-state index contributed by atoms with van der Waals surface area (Å²) < 4.78 is 5.62. The Bertz CT molecular complexity index is 963. The van der Waals surface area contributed by atoms with Crippen molar-refractivity contribution < 1.29 is 23.6 Å². The molecule has 8 nitrogen and oxygen atoms in total. The van der Waals surface area contributed by atoms with Gasteiger partial charge in [-0.25, -0.2) is 0 Å². The molecule has 1 saturated heterocycles. The second-order valence-electron chi connectivity index (χ2n) is 8.67. The van der Waals surface area contributed by atoms with Gasteiger partial charge in [0.15, 0.2) is 11.5 Å². The molecule has 2 heterocycles. The van der Waals surface area contributed by atoms with Crippen LogP contribution in [0.15, 0.2) is 34.7 Å². The minimum atomic E-state index is -0.764. The summed E-state index contributed by atoms with van der Waals surface area (Å²) in [6, 6.07) is 8.18. The number of carbonyl (C=O) groups excluding carboxylic acids is 4. The van der Waals surface area contributed by atoms with Gasteiger partial charge in [-0.3, -0.25) is 19.2 Å². The van der Waals surface area contributed by atoms with Crippen LogP contribution >= 0.6 is 0 Å². The number of furan rings is 1. The molecule has 1 aromatic carbocycles. The highest BCUT2D eigenvalue weighted by atomic mass is 16.3. The van der Waals surface area contributed by atoms with Crippen LogP contribution in [0, 0.1) is 11.8 Å². The second-order valence-corrected chi connectivity index (χ2v) is 8.67. The van der Waals surface area contributed by atoms with E-state index in [1.165, 1.54) is 4.90 Å². The number of fused-ring (bicyclic) bond motifs is 1. The number of hydrogen-bond acceptors (Lipinski definition) is 5. The summed E-state index contributed by atoms with van der Waals surface area (Å²) in [5.41, 5.74) is 0.596. The van der Waals surface area contributed by atoms with Gasteiger partial charge in [-0.05, 0) is 30.9 Å². The molecule has 3 amide bonds. The third-order valence-corrected chi connectivity index (χ3v) is 5.66. The lowest BCUT2D eigenvalue weighted by Gasteiger charge is -2.27. The number of para-hydroxylation sites is 1. The Morgan fingerprint density at radius 3 is 2.62 bits per heavy atom. The topological polar surface area (TPSA) is 109 Å². The molecule has 8 heteroatoms. The predicted octanol–water partition coefficient (Wildman–Crippen LogP) is 2.52. The highest BCUT2D eigenvalue weighted by Crippen LogP contribution is 2.19. The Balaban J connectivity index is 1.72. The maximum absolute atomic E-state index is 13.2. The van der Waals surface area contributed by atoms with Crippen LogP contribution in [0.3, 0.4) is 0 Å². The zero-order chi connectivity index (χ0) is 23.3. The van der Waals surface area contributed by atoms with E-state index in [-0.39, 0.29) is 54.7 Å². The van der Waals surface area contributed by atoms with Gasteiger partial charge < -0.3 is 20.0 Å². The summed E-state index contributed by atoms with van der Waals surface area (Å²) in [4.78, 5) is 51.9. The molecule has 1 fully saturated rings. The first-order valence-corrected chi connectivity index (χ1v) is 11.2. The lowest BCUT2D eigenvalue weighted by atomic mass is 9.99. The monoisotopic (exact) mass is 441 g/mol. The summed E-state index contributed by atoms with van der Waals surface area (Å²) in [5, 5.41) is 6.36. The molecule has 1 aromatic heterocycles. The zero-order valence-corrected chi connectivity index (χ0v) is 18.8. The van der Waals surface area contributed by atoms with Crippen LogP contribution in [0.2, 0.25) is 0 Å². The number of carbonyl (C=O) groups is 4. The van der Waals surface area contributed by atoms with Gasteiger partial charge in [0.2, 0.25) is 11.8 Å². The molecule has 0 radical (unpaired) electrons. The SMILES string of the molecule is CCC(=O)N(CC(=O)[C@H](CC(C)C)NC(=O)c1cc2ccccc2o1)C[C@@H]1CCNC1=O. The van der Waals surface area contributed by atoms with E-state index in [1.54, 1.807) is 19.1 Å². The van der Waals surface area contributed by atoms with E-state index in [2.05, 4.69) is 10.6 Å². The molecular weight excluding hydrogens is 410 g/mol. The Morgan fingerprint density at radius 2 is 2.00 bits per heavy atom. The summed E-state index contributed by atoms with van der Waals surface area (Å²) >= 11 is 0. The van der Waals surface area contributed by atoms with E-state index in [4.69, 9.17) is 4.42 Å². The Labute approximate surface area is 187 Å². The Kier molecular flexibility index (Phi) is 7.66. The highest BCUT2D eigenvalue weighted by Gasteiger charge is 2.31. The fraction of sp³-hybridized carbons (Fsp3) is 0.500. The molecule has 2 atom stereocenters. The third-order valence-electron chi connectivity index (χ3n) is 5.66. The largest absolute Gasteiger partial charge is 0.451 e. The third kappa shape index (κ3) is 5.75. The van der Waals surface area contributed by atoms with Gasteiger partial charge >= 0.3 is 0 Å². The molecule has 0 saturated carbocycles. The van der Waals surface area contributed by atoms with Gasteiger partial charge in [-0.1, -0.05) is 39.0 Å². The van der Waals surface area contributed by atoms with Crippen LogP contribution in [0.1, 0.15) is 50.6 Å². The van der Waals surface area contributed by atoms with Crippen molar-refractivity contribution in [3.8, 4) is 0 Å². The smallest absolute Gasteiger partial charge is 0.287 e. The first-order chi connectivity index (χ1) is 15.3. The number of ketones is 1. The summed E-state index contributed by atoms with van der Waals surface area (Å²) in [6.07, 6.45) is 1.31. The van der Waals surface area contributed by atoms with Crippen LogP contribution < -0.4 is 10.6 Å². The van der Waals surface area contributed by atoms with Crippen LogP contribution in [-0.4, -0.2) is 54.1 Å². The van der Waals surface area contributed by atoms with Gasteiger partial charge in [-0.2, -0.15) is 0 Å². The lowest BCUT2D eigenvalue weighted by molar-refractivity contribution is -0.137. The summed E-state index contributed by atoms with van der Waals surface area (Å²) in [7, 11) is 0. The predicted molar refractivity (Wildman–Crippen MR) is 120 cm³/mol. The quantitative estimate of drug-likeness (QED) is 0.589. The Morgan fingerprint density at radius 1 is 1.25 bits per heavy atom. The molecule has 32 heavy (non-hydrogen) atoms. The number of amides is 3. The minimum absolute atomic E-state index is 0.0942. The molecule has 0 spiro atoms. The van der Waals surface area contributed by atoms with Crippen molar-refractivity contribution in [1.29, 1.82) is 0 Å². The molecule has 1 aliphatic rings. The number of hydrogen-bond donors (Lipinski definition) is 2. The van der Waals surface area contributed by atoms with Crippen LogP contribution in [0.4, 0.5) is 0 Å². The average Bonchev–Trinajstić information content (AvgIpc) is 3.37. The van der Waals surface area contributed by atoms with Gasteiger partial charge in [0.25, 0.3) is 5.91 Å². The molecule has 0 bridgehead atoms. The Hall–Kier alpha value is -3.16. The van der Waals surface area contributed by atoms with E-state index in [9.17, 15) is 19.2 Å². The molecule has 2 aromatic rings. The van der Waals surface area contributed by atoms with Crippen molar-refractivity contribution >= 4 is 34.5 Å². The number of nitrogens with zero attached hydrogens (tertiary/aromatic N) is 1. The van der Waals surface area contributed by atoms with Crippen molar-refractivity contribution in [3.63, 3.8) is 0 Å². The standard InChI is InChI=1S/C24H31N3O5/c1-4-22(29)27(13-17-9-10-25-23(17)30)14-19(28)18(11-15(2)3)26-24(31)21-12-16-7-5-6-8-20(16)32-21/h5-8,12,15,17-18H,4,9-11,13-14H2,1-3H3,(H,25,30)(H,26,31)/t17-,18-/m0/s1. The van der Waals surface area contributed by atoms with Crippen molar-refractivity contribution in [1.82, 2.24) is 15.5 Å². The molecule has 172 valence electrons. The van der Waals surface area contributed by atoms with Crippen molar-refractivity contribution in [2.75, 3.05) is 19.6 Å². The van der Waals surface area contributed by atoms with Gasteiger partial charge in [-0.15, -0.1) is 0 Å². The van der Waals surface area contributed by atoms with Crippen LogP contribution in [0.25, 0.3) is 11.0 Å². The fourth-order valence-electron chi connectivity index (χ4n) is 3.93. The van der Waals surface area contributed by atoms with Gasteiger partial charge in [0.1, 0.15) is 5.58 Å². The number of Topliss-reactive ketones (excluding diaryl/α,β-unsaturated/α-hetero) is 1. The maximum atomic E-state index is 13.2. The van der Waals surface area contributed by atoms with E-state index in [1.807, 2.05) is 32.0 Å². The molecule has 3 rings (SSSR count). The first kappa shape index (κ1) is 23.5. The fourth-order valence-corrected chi connectivity index (χ4v) is 3.93. The average molecular weight is 442 g/mol. The van der Waals surface area contributed by atoms with E-state index < -0.39 is 11.9 Å². The van der Waals surface area contributed by atoms with Crippen molar-refractivity contribution in [2.45, 2.75) is 46.1 Å². The lowest BCUT2D eigenvalue weighted by Crippen LogP contribution is -2.48. The van der Waals surface area contributed by atoms with Crippen molar-refractivity contribution in [3.05, 3.63) is 36.1 Å². The number of benzene rings is 1. The van der Waals surface area contributed by atoms with E-state index in [0.717, 1.165) is 5.39 Å². The summed E-state index contributed by atoms with van der Waals surface area (Å²) in [5.74, 6) is -1.04. The molecule has 0 unspecified atom stereocenters. The number of nitrogens with one attached hydrogen (secondary N) is 2. The molecule has 2 N–H and O–H groups in total. The molecule has 1 aliphatic heterocycles. The summed E-state index contributed by atoms with van der Waals surface area (Å²) in [6.45, 7) is 6.29. The molecule has 0 aliphatic carbocycles. The van der Waals surface area contributed by atoms with Crippen LogP contribution in [0.5, 0.6) is 0 Å². The minimum Gasteiger partial charge on any atom is -0.451 e. The first-order valence-electron chi connectivity index (χ1n) is 11.2. The van der Waals surface area contributed by atoms with Gasteiger partial charge in [0, 0.05) is 24.9 Å². The zero-order valence-electron chi connectivity index (χ0n) is 18.8. The van der Waals surface area contributed by atoms with Crippen molar-refractivity contribution in [2.24, 2.45) is 11.8 Å². The van der Waals surface area contributed by atoms with E-state index in [0.29, 0.717) is 25.0 Å². The highest BCUT2D eigenvalue weighted by molar-refractivity contribution is 5.99. The molecular formula is C24H31N3O5. The van der Waals surface area contributed by atoms with Crippen LogP contribution in [-0.2, 0) is 14.4 Å². The maximum Gasteiger partial charge on any atom is 0.287 e. The normalized spacial score (nSPS) is 16.8. The van der Waals surface area contributed by atoms with Gasteiger partial charge in [0.05, 0.1) is 18.5 Å².